The first-order chi connectivity index (χ1) is 21.3. The fourth-order valence-corrected chi connectivity index (χ4v) is 12.2. The van der Waals surface area contributed by atoms with E-state index in [1.807, 2.05) is 0 Å². The maximum absolute atomic E-state index is 13.1. The van der Waals surface area contributed by atoms with Crippen molar-refractivity contribution in [3.05, 3.63) is 11.6 Å². The highest BCUT2D eigenvalue weighted by Gasteiger charge is 2.72. The molecule has 6 N–H and O–H groups in total. The molecule has 0 aromatic rings. The fourth-order valence-electron chi connectivity index (χ4n) is 12.2. The first-order valence-electron chi connectivity index (χ1n) is 17.5. The third-order valence-corrected chi connectivity index (χ3v) is 14.8. The zero-order valence-corrected chi connectivity index (χ0v) is 28.8. The van der Waals surface area contributed by atoms with Crippen LogP contribution in [0.15, 0.2) is 11.6 Å². The van der Waals surface area contributed by atoms with Gasteiger partial charge < -0.3 is 44.8 Å². The molecule has 0 aromatic carbocycles. The highest BCUT2D eigenvalue weighted by Crippen LogP contribution is 2.73. The van der Waals surface area contributed by atoms with Gasteiger partial charge >= 0.3 is 5.97 Å². The van der Waals surface area contributed by atoms with Crippen molar-refractivity contribution in [2.75, 3.05) is 6.61 Å². The predicted octanol–water partition coefficient (Wildman–Crippen LogP) is 2.70. The predicted molar refractivity (Wildman–Crippen MR) is 168 cm³/mol. The molecule has 2 aliphatic heterocycles. The topological polar surface area (TPSA) is 166 Å². The van der Waals surface area contributed by atoms with E-state index < -0.39 is 72.6 Å². The number of allylic oxidation sites excluding steroid dienone is 2. The molecule has 0 unspecified atom stereocenters. The summed E-state index contributed by atoms with van der Waals surface area (Å²) in [5.74, 6) is 0.327. The second kappa shape index (κ2) is 11.2. The fraction of sp³-hybridized carbons (Fsp3) is 0.917. The third-order valence-electron chi connectivity index (χ3n) is 14.8. The minimum Gasteiger partial charge on any atom is -0.461 e. The van der Waals surface area contributed by atoms with Crippen LogP contribution in [0.1, 0.15) is 93.9 Å². The molecule has 2 saturated heterocycles. The van der Waals surface area contributed by atoms with E-state index in [2.05, 4.69) is 61.5 Å². The summed E-state index contributed by atoms with van der Waals surface area (Å²) >= 11 is 0. The van der Waals surface area contributed by atoms with E-state index in [-0.39, 0.29) is 45.9 Å². The Morgan fingerprint density at radius 2 is 1.61 bits per heavy atom. The Kier molecular flexibility index (Phi) is 8.46. The van der Waals surface area contributed by atoms with E-state index in [9.17, 15) is 35.4 Å². The van der Waals surface area contributed by atoms with Gasteiger partial charge in [0, 0.05) is 17.3 Å². The molecule has 0 radical (unpaired) electrons. The van der Waals surface area contributed by atoms with Gasteiger partial charge in [0.25, 0.3) is 0 Å². The highest BCUT2D eigenvalue weighted by atomic mass is 16.7. The average molecular weight is 651 g/mol. The molecule has 5 fully saturated rings. The molecule has 6 rings (SSSR count). The monoisotopic (exact) mass is 650 g/mol. The van der Waals surface area contributed by atoms with Crippen molar-refractivity contribution in [1.82, 2.24) is 0 Å². The first-order valence-corrected chi connectivity index (χ1v) is 17.5. The van der Waals surface area contributed by atoms with Gasteiger partial charge in [-0.3, -0.25) is 4.79 Å². The minimum atomic E-state index is -1.56. The van der Waals surface area contributed by atoms with Crippen molar-refractivity contribution >= 4 is 5.97 Å². The summed E-state index contributed by atoms with van der Waals surface area (Å²) in [5.41, 5.74) is -0.902. The number of aliphatic hydroxyl groups excluding tert-OH is 6. The van der Waals surface area contributed by atoms with E-state index in [1.54, 1.807) is 0 Å². The van der Waals surface area contributed by atoms with Crippen LogP contribution in [0.2, 0.25) is 0 Å². The Morgan fingerprint density at radius 3 is 2.24 bits per heavy atom. The molecular weight excluding hydrogens is 592 g/mol. The standard InChI is InChI=1S/C36H58O10/c1-17(2)20-13-25(40)45-31-34(6)12-11-18-19(35(34,7)15-24(39)36(20,31)8)9-10-23-32(3,4)29(21(38)14-33(18,23)5)46-30-28(43)27(42)26(41)22(16-37)44-30/h11,17,19-24,26-31,37-39,41-43H,9-10,12-16H2,1-8H3/t19-,20+,21+,22+,23+,24+,26+,27-,28+,29+,30-,31-,33+,34-,35+,36-/m0/s1. The van der Waals surface area contributed by atoms with Crippen molar-refractivity contribution in [2.45, 2.75) is 149 Å². The molecule has 0 amide bonds. The van der Waals surface area contributed by atoms with Crippen LogP contribution in [0.5, 0.6) is 0 Å². The molecule has 0 bridgehead atoms. The van der Waals surface area contributed by atoms with E-state index >= 15 is 0 Å². The van der Waals surface area contributed by atoms with Crippen LogP contribution in [-0.2, 0) is 19.0 Å². The van der Waals surface area contributed by atoms with Gasteiger partial charge in [-0.1, -0.05) is 67.0 Å². The number of ether oxygens (including phenoxy) is 3. The number of rotatable bonds is 4. The van der Waals surface area contributed by atoms with Crippen molar-refractivity contribution in [1.29, 1.82) is 0 Å². The minimum absolute atomic E-state index is 0.0312. The summed E-state index contributed by atoms with van der Waals surface area (Å²) < 4.78 is 18.3. The maximum Gasteiger partial charge on any atom is 0.306 e. The Bertz CT molecular complexity index is 1230. The van der Waals surface area contributed by atoms with Gasteiger partial charge in [0.05, 0.1) is 24.9 Å². The molecule has 10 nitrogen and oxygen atoms in total. The molecule has 0 spiro atoms. The molecule has 16 atom stereocenters. The number of hydrogen-bond donors (Lipinski definition) is 6. The molecule has 6 aliphatic rings. The van der Waals surface area contributed by atoms with Crippen LogP contribution in [0.25, 0.3) is 0 Å². The van der Waals surface area contributed by atoms with Gasteiger partial charge in [0.15, 0.2) is 6.29 Å². The Hall–Kier alpha value is -1.11. The molecular formula is C36H58O10. The first kappa shape index (κ1) is 34.7. The van der Waals surface area contributed by atoms with Gasteiger partial charge in [-0.05, 0) is 72.0 Å². The molecule has 46 heavy (non-hydrogen) atoms. The third kappa shape index (κ3) is 4.53. The number of aliphatic hydroxyl groups is 6. The van der Waals surface area contributed by atoms with E-state index in [4.69, 9.17) is 14.2 Å². The lowest BCUT2D eigenvalue weighted by molar-refractivity contribution is -0.336. The summed E-state index contributed by atoms with van der Waals surface area (Å²) in [6.45, 7) is 16.8. The number of carbonyl (C=O) groups is 1. The average Bonchev–Trinajstić information content (AvgIpc) is 2.97. The van der Waals surface area contributed by atoms with Crippen LogP contribution in [0.4, 0.5) is 0 Å². The van der Waals surface area contributed by atoms with Crippen LogP contribution in [0.3, 0.4) is 0 Å². The number of fused-ring (bicyclic) bond motifs is 7. The SMILES string of the molecule is CC(C)[C@H]1CC(=O)O[C@@H]2[C@]1(C)[C@H](O)C[C@]1(C)[C@H]3CC[C@@H]4C(C)(C)[C@H](O[C@@H]5O[C@H](CO)[C@@H](O)[C@H](O)[C@H]5O)[C@H](O)C[C@]4(C)C3=CC[C@@]21C. The van der Waals surface area contributed by atoms with Gasteiger partial charge in [-0.15, -0.1) is 0 Å². The Balaban J connectivity index is 1.32. The van der Waals surface area contributed by atoms with Crippen molar-refractivity contribution < 1.29 is 49.6 Å². The van der Waals surface area contributed by atoms with Gasteiger partial charge in [-0.2, -0.15) is 0 Å². The summed E-state index contributed by atoms with van der Waals surface area (Å²) in [4.78, 5) is 13.1. The van der Waals surface area contributed by atoms with Gasteiger partial charge in [0.1, 0.15) is 30.5 Å². The molecule has 2 heterocycles. The second-order valence-electron chi connectivity index (χ2n) is 17.7. The molecule has 262 valence electrons. The van der Waals surface area contributed by atoms with Crippen LogP contribution in [0, 0.1) is 50.7 Å². The van der Waals surface area contributed by atoms with Gasteiger partial charge in [0.2, 0.25) is 0 Å². The van der Waals surface area contributed by atoms with Crippen LogP contribution < -0.4 is 0 Å². The number of hydrogen-bond acceptors (Lipinski definition) is 10. The smallest absolute Gasteiger partial charge is 0.306 e. The molecule has 10 heteroatoms. The maximum atomic E-state index is 13.1. The van der Waals surface area contributed by atoms with Crippen LogP contribution in [-0.4, -0.2) is 98.3 Å². The quantitative estimate of drug-likeness (QED) is 0.151. The number of carbonyl (C=O) groups excluding carboxylic acids is 1. The summed E-state index contributed by atoms with van der Waals surface area (Å²) in [6, 6.07) is 0. The number of esters is 1. The van der Waals surface area contributed by atoms with E-state index in [0.29, 0.717) is 25.7 Å². The normalized spacial score (nSPS) is 54.9. The molecule has 4 aliphatic carbocycles. The van der Waals surface area contributed by atoms with Gasteiger partial charge in [-0.25, -0.2) is 0 Å². The van der Waals surface area contributed by atoms with Crippen LogP contribution >= 0.6 is 0 Å². The van der Waals surface area contributed by atoms with Crippen molar-refractivity contribution in [3.63, 3.8) is 0 Å². The Labute approximate surface area is 273 Å². The highest BCUT2D eigenvalue weighted by molar-refractivity contribution is 5.71. The summed E-state index contributed by atoms with van der Waals surface area (Å²) in [6.07, 6.45) is -3.51. The zero-order valence-electron chi connectivity index (χ0n) is 28.8. The summed E-state index contributed by atoms with van der Waals surface area (Å²) in [7, 11) is 0. The van der Waals surface area contributed by atoms with E-state index in [0.717, 1.165) is 12.8 Å². The lowest BCUT2D eigenvalue weighted by Crippen LogP contribution is -2.72. The largest absolute Gasteiger partial charge is 0.461 e. The molecule has 0 aromatic heterocycles. The zero-order chi connectivity index (χ0) is 33.9. The van der Waals surface area contributed by atoms with Crippen molar-refractivity contribution in [3.8, 4) is 0 Å². The van der Waals surface area contributed by atoms with Crippen molar-refractivity contribution in [2.24, 2.45) is 50.7 Å². The Morgan fingerprint density at radius 1 is 0.935 bits per heavy atom. The molecule has 3 saturated carbocycles. The summed E-state index contributed by atoms with van der Waals surface area (Å²) in [5, 5.41) is 64.8. The second-order valence-corrected chi connectivity index (χ2v) is 17.7. The lowest BCUT2D eigenvalue weighted by atomic mass is 9.35. The lowest BCUT2D eigenvalue weighted by Gasteiger charge is -2.71. The van der Waals surface area contributed by atoms with E-state index in [1.165, 1.54) is 5.57 Å².